The fourth-order valence-electron chi connectivity index (χ4n) is 5.73. The zero-order valence-corrected chi connectivity index (χ0v) is 37.0. The van der Waals surface area contributed by atoms with Crippen molar-refractivity contribution in [1.29, 1.82) is 0 Å². The highest BCUT2D eigenvalue weighted by molar-refractivity contribution is 7.91. The minimum Gasteiger partial charge on any atom is -0.494 e. The quantitative estimate of drug-likeness (QED) is 0.0621. The second-order valence-electron chi connectivity index (χ2n) is 12.2. The van der Waals surface area contributed by atoms with Crippen LogP contribution < -0.4 is 9.47 Å². The summed E-state index contributed by atoms with van der Waals surface area (Å²) in [4.78, 5) is 0.110. The third-order valence-electron chi connectivity index (χ3n) is 8.29. The number of benzene rings is 3. The SMILES string of the molecule is CCOc1cc(CP(=O)(OCC)OCC)c(S(=O)(=O)CC)cc1/C=C/c1ccc(/C=C/c2cc(OCC)c(CP(=O)(OCC)OCC)cc2S(=O)(=O)CC)cc1. The van der Waals surface area contributed by atoms with Crippen LogP contribution in [0.2, 0.25) is 0 Å². The average Bonchev–Trinajstić information content (AvgIpc) is 3.15. The first kappa shape index (κ1) is 47.3. The van der Waals surface area contributed by atoms with Crippen LogP contribution in [0.4, 0.5) is 0 Å². The largest absolute Gasteiger partial charge is 0.494 e. The molecule has 0 fully saturated rings. The normalized spacial score (nSPS) is 12.9. The molecule has 0 bridgehead atoms. The van der Waals surface area contributed by atoms with E-state index >= 15 is 0 Å². The van der Waals surface area contributed by atoms with Crippen molar-refractivity contribution in [3.63, 3.8) is 0 Å². The maximum absolute atomic E-state index is 13.4. The molecule has 3 aromatic carbocycles. The molecular formula is C40H56O12P2S2. The van der Waals surface area contributed by atoms with Crippen molar-refractivity contribution in [3.8, 4) is 11.5 Å². The van der Waals surface area contributed by atoms with Gasteiger partial charge in [0.2, 0.25) is 0 Å². The molecule has 0 atom stereocenters. The highest BCUT2D eigenvalue weighted by atomic mass is 32.2. The van der Waals surface area contributed by atoms with Crippen molar-refractivity contribution < 1.29 is 53.5 Å². The third-order valence-corrected chi connectivity index (χ3v) is 16.0. The van der Waals surface area contributed by atoms with E-state index in [-0.39, 0.29) is 60.0 Å². The van der Waals surface area contributed by atoms with Crippen molar-refractivity contribution in [1.82, 2.24) is 0 Å². The molecule has 0 aliphatic heterocycles. The summed E-state index contributed by atoms with van der Waals surface area (Å²) in [6.07, 6.45) is 6.69. The second kappa shape index (κ2) is 21.6. The standard InChI is InChI=1S/C40H56O12P2S2/c1-9-47-37-26-36(30-54(42,51-13-5)52-14-6)40(56(45,46)16-8)27-33(37)23-21-31-17-19-32(20-18-31)22-24-34-25-38(48-10-2)35(28-39(34)55(43,44)15-7)29-53(41,49-11-3)50-12-4/h17-28H,9-16,29-30H2,1-8H3/b23-21+,24-22+. The van der Waals surface area contributed by atoms with Gasteiger partial charge in [0.25, 0.3) is 0 Å². The van der Waals surface area contributed by atoms with Gasteiger partial charge in [-0.1, -0.05) is 62.4 Å². The van der Waals surface area contributed by atoms with Gasteiger partial charge in [0.05, 0.1) is 73.3 Å². The van der Waals surface area contributed by atoms with Crippen LogP contribution in [0.3, 0.4) is 0 Å². The molecule has 0 aliphatic rings. The Morgan fingerprint density at radius 3 is 1.36 bits per heavy atom. The van der Waals surface area contributed by atoms with Crippen molar-refractivity contribution in [2.45, 2.75) is 77.5 Å². The molecule has 56 heavy (non-hydrogen) atoms. The molecule has 0 saturated carbocycles. The van der Waals surface area contributed by atoms with Gasteiger partial charge < -0.3 is 27.6 Å². The minimum atomic E-state index is -3.74. The third kappa shape index (κ3) is 13.0. The fraction of sp³-hybridized carbons (Fsp3) is 0.450. The van der Waals surface area contributed by atoms with E-state index in [1.54, 1.807) is 78.8 Å². The van der Waals surface area contributed by atoms with Gasteiger partial charge in [-0.25, -0.2) is 16.8 Å². The lowest BCUT2D eigenvalue weighted by Gasteiger charge is -2.20. The molecule has 0 unspecified atom stereocenters. The van der Waals surface area contributed by atoms with Crippen LogP contribution in [-0.2, 0) is 59.2 Å². The summed E-state index contributed by atoms with van der Waals surface area (Å²) in [5.41, 5.74) is 3.22. The Kier molecular flexibility index (Phi) is 18.3. The molecule has 12 nitrogen and oxygen atoms in total. The minimum absolute atomic E-state index is 0.0331. The Balaban J connectivity index is 2.03. The van der Waals surface area contributed by atoms with Gasteiger partial charge in [0, 0.05) is 11.1 Å². The topological polar surface area (TPSA) is 158 Å². The van der Waals surface area contributed by atoms with Crippen molar-refractivity contribution in [2.75, 3.05) is 51.1 Å². The van der Waals surface area contributed by atoms with Crippen LogP contribution in [-0.4, -0.2) is 68.0 Å². The first-order valence-corrected chi connectivity index (χ1v) is 25.6. The maximum atomic E-state index is 13.4. The molecule has 0 aromatic heterocycles. The molecule has 0 spiro atoms. The molecular weight excluding hydrogens is 799 g/mol. The van der Waals surface area contributed by atoms with E-state index in [1.807, 2.05) is 37.3 Å². The second-order valence-corrected chi connectivity index (χ2v) is 20.8. The zero-order chi connectivity index (χ0) is 41.6. The molecule has 0 radical (unpaired) electrons. The molecule has 0 heterocycles. The number of hydrogen-bond donors (Lipinski definition) is 0. The molecule has 0 aliphatic carbocycles. The highest BCUT2D eigenvalue weighted by Gasteiger charge is 2.30. The molecule has 16 heteroatoms. The van der Waals surface area contributed by atoms with Crippen molar-refractivity contribution in [2.24, 2.45) is 0 Å². The van der Waals surface area contributed by atoms with Crippen LogP contribution >= 0.6 is 15.2 Å². The number of rotatable bonds is 24. The van der Waals surface area contributed by atoms with Gasteiger partial charge in [0.15, 0.2) is 19.7 Å². The summed E-state index contributed by atoms with van der Waals surface area (Å²) in [5, 5.41) is 0. The van der Waals surface area contributed by atoms with Crippen LogP contribution in [0.1, 0.15) is 88.8 Å². The Hall–Kier alpha value is -3.06. The highest BCUT2D eigenvalue weighted by Crippen LogP contribution is 2.54. The van der Waals surface area contributed by atoms with Gasteiger partial charge in [-0.3, -0.25) is 9.13 Å². The predicted molar refractivity (Wildman–Crippen MR) is 224 cm³/mol. The molecule has 3 aromatic rings. The summed E-state index contributed by atoms with van der Waals surface area (Å²) in [6.45, 7) is 14.8. The Morgan fingerprint density at radius 2 is 0.911 bits per heavy atom. The van der Waals surface area contributed by atoms with Gasteiger partial charge in [-0.05, 0) is 88.1 Å². The Morgan fingerprint density at radius 1 is 0.482 bits per heavy atom. The van der Waals surface area contributed by atoms with Crippen LogP contribution in [0.15, 0.2) is 58.3 Å². The molecule has 3 rings (SSSR count). The van der Waals surface area contributed by atoms with Gasteiger partial charge >= 0.3 is 15.2 Å². The van der Waals surface area contributed by atoms with Gasteiger partial charge in [0.1, 0.15) is 11.5 Å². The smallest absolute Gasteiger partial charge is 0.335 e. The van der Waals surface area contributed by atoms with Crippen LogP contribution in [0.25, 0.3) is 24.3 Å². The molecule has 310 valence electrons. The summed E-state index contributed by atoms with van der Waals surface area (Å²) in [5.74, 6) is 0.501. The summed E-state index contributed by atoms with van der Waals surface area (Å²) in [7, 11) is -14.6. The fourth-order valence-corrected chi connectivity index (χ4v) is 11.5. The number of sulfone groups is 2. The maximum Gasteiger partial charge on any atom is 0.335 e. The van der Waals surface area contributed by atoms with E-state index in [0.29, 0.717) is 47.0 Å². The van der Waals surface area contributed by atoms with E-state index in [1.165, 1.54) is 12.1 Å². The summed E-state index contributed by atoms with van der Waals surface area (Å²) in [6, 6.07) is 13.7. The van der Waals surface area contributed by atoms with Crippen molar-refractivity contribution in [3.05, 3.63) is 81.9 Å². The van der Waals surface area contributed by atoms with E-state index in [9.17, 15) is 26.0 Å². The van der Waals surface area contributed by atoms with E-state index in [4.69, 9.17) is 27.6 Å². The van der Waals surface area contributed by atoms with Gasteiger partial charge in [-0.15, -0.1) is 0 Å². The van der Waals surface area contributed by atoms with E-state index in [2.05, 4.69) is 0 Å². The van der Waals surface area contributed by atoms with Crippen LogP contribution in [0, 0.1) is 0 Å². The lowest BCUT2D eigenvalue weighted by molar-refractivity contribution is 0.217. The van der Waals surface area contributed by atoms with Crippen molar-refractivity contribution >= 4 is 59.2 Å². The number of ether oxygens (including phenoxy) is 2. The van der Waals surface area contributed by atoms with Crippen LogP contribution in [0.5, 0.6) is 11.5 Å². The summed E-state index contributed by atoms with van der Waals surface area (Å²) >= 11 is 0. The average molecular weight is 855 g/mol. The zero-order valence-electron chi connectivity index (χ0n) is 33.6. The molecule has 0 saturated heterocycles. The first-order valence-electron chi connectivity index (χ1n) is 18.8. The van der Waals surface area contributed by atoms with E-state index < -0.39 is 34.9 Å². The first-order chi connectivity index (χ1) is 26.6. The molecule has 0 amide bonds. The number of hydrogen-bond acceptors (Lipinski definition) is 12. The lowest BCUT2D eigenvalue weighted by Crippen LogP contribution is -2.10. The predicted octanol–water partition coefficient (Wildman–Crippen LogP) is 9.94. The van der Waals surface area contributed by atoms with E-state index in [0.717, 1.165) is 11.1 Å². The Bertz CT molecular complexity index is 2130. The Labute approximate surface area is 333 Å². The van der Waals surface area contributed by atoms with Gasteiger partial charge in [-0.2, -0.15) is 0 Å². The summed E-state index contributed by atoms with van der Waals surface area (Å²) < 4.78 is 114. The molecule has 0 N–H and O–H groups in total. The monoisotopic (exact) mass is 854 g/mol. The lowest BCUT2D eigenvalue weighted by atomic mass is 10.1.